The van der Waals surface area contributed by atoms with Crippen LogP contribution >= 0.6 is 15.9 Å². The molecule has 2 heterocycles. The molecule has 0 aromatic carbocycles. The van der Waals surface area contributed by atoms with Gasteiger partial charge in [-0.05, 0) is 15.9 Å². The van der Waals surface area contributed by atoms with Crippen molar-refractivity contribution in [1.29, 1.82) is 0 Å². The zero-order valence-electron chi connectivity index (χ0n) is 6.62. The van der Waals surface area contributed by atoms with Gasteiger partial charge in [0.25, 0.3) is 5.56 Å². The highest BCUT2D eigenvalue weighted by molar-refractivity contribution is 9.10. The fourth-order valence-electron chi connectivity index (χ4n) is 1.11. The van der Waals surface area contributed by atoms with Crippen LogP contribution in [0.25, 0.3) is 5.65 Å². The Morgan fingerprint density at radius 1 is 1.69 bits per heavy atom. The number of aromatic amines is 1. The van der Waals surface area contributed by atoms with Crippen molar-refractivity contribution in [1.82, 2.24) is 14.6 Å². The number of nitrogens with zero attached hydrogens (tertiary/aromatic N) is 2. The summed E-state index contributed by atoms with van der Waals surface area (Å²) in [6.07, 6.45) is 1.66. The fourth-order valence-corrected chi connectivity index (χ4v) is 1.47. The molecular formula is C7H7BrN4O. The van der Waals surface area contributed by atoms with Crippen LogP contribution in [0.3, 0.4) is 0 Å². The first-order chi connectivity index (χ1) is 6.22. The lowest BCUT2D eigenvalue weighted by atomic mass is 10.4. The molecule has 0 radical (unpaired) electrons. The molecule has 2 aromatic rings. The predicted octanol–water partition coefficient (Wildman–Crippen LogP) is 0.244. The van der Waals surface area contributed by atoms with Gasteiger partial charge in [-0.1, -0.05) is 0 Å². The van der Waals surface area contributed by atoms with Crippen LogP contribution in [0, 0.1) is 0 Å². The highest BCUT2D eigenvalue weighted by atomic mass is 79.9. The molecule has 0 aliphatic carbocycles. The number of rotatable bonds is 1. The largest absolute Gasteiger partial charge is 0.325 e. The molecule has 0 saturated carbocycles. The van der Waals surface area contributed by atoms with Gasteiger partial charge in [0.1, 0.15) is 0 Å². The van der Waals surface area contributed by atoms with E-state index >= 15 is 0 Å². The molecule has 0 aliphatic rings. The predicted molar refractivity (Wildman–Crippen MR) is 51.4 cm³/mol. The van der Waals surface area contributed by atoms with Crippen molar-refractivity contribution in [2.45, 2.75) is 6.54 Å². The van der Waals surface area contributed by atoms with Gasteiger partial charge >= 0.3 is 0 Å². The van der Waals surface area contributed by atoms with Crippen molar-refractivity contribution in [2.75, 3.05) is 0 Å². The molecule has 2 aromatic heterocycles. The van der Waals surface area contributed by atoms with E-state index in [1.54, 1.807) is 6.20 Å². The Balaban J connectivity index is 2.88. The van der Waals surface area contributed by atoms with Crippen LogP contribution in [-0.2, 0) is 6.54 Å². The van der Waals surface area contributed by atoms with E-state index in [4.69, 9.17) is 5.73 Å². The third-order valence-corrected chi connectivity index (χ3v) is 2.30. The summed E-state index contributed by atoms with van der Waals surface area (Å²) in [6, 6.07) is 1.41. The maximum absolute atomic E-state index is 11.4. The Kier molecular flexibility index (Phi) is 1.93. The van der Waals surface area contributed by atoms with Crippen LogP contribution in [-0.4, -0.2) is 14.6 Å². The summed E-state index contributed by atoms with van der Waals surface area (Å²) in [5.41, 5.74) is 6.39. The summed E-state index contributed by atoms with van der Waals surface area (Å²) in [6.45, 7) is 0.267. The molecule has 0 spiro atoms. The van der Waals surface area contributed by atoms with Crippen LogP contribution in [0.2, 0.25) is 0 Å². The van der Waals surface area contributed by atoms with Crippen molar-refractivity contribution in [3.63, 3.8) is 0 Å². The molecular weight excluding hydrogens is 236 g/mol. The fraction of sp³-hybridized carbons (Fsp3) is 0.143. The molecule has 68 valence electrons. The van der Waals surface area contributed by atoms with E-state index in [9.17, 15) is 4.79 Å². The summed E-state index contributed by atoms with van der Waals surface area (Å²) in [7, 11) is 0. The summed E-state index contributed by atoms with van der Waals surface area (Å²) >= 11 is 3.27. The number of hydrogen-bond donors (Lipinski definition) is 2. The molecule has 6 heteroatoms. The maximum Gasteiger partial charge on any atom is 0.272 e. The van der Waals surface area contributed by atoms with E-state index in [2.05, 4.69) is 26.0 Å². The molecule has 0 amide bonds. The number of halogens is 1. The molecule has 0 fully saturated rings. The van der Waals surface area contributed by atoms with Crippen LogP contribution < -0.4 is 11.3 Å². The minimum Gasteiger partial charge on any atom is -0.325 e. The second-order valence-corrected chi connectivity index (χ2v) is 3.42. The minimum atomic E-state index is -0.156. The first kappa shape index (κ1) is 8.46. The van der Waals surface area contributed by atoms with E-state index in [0.717, 1.165) is 4.47 Å². The first-order valence-electron chi connectivity index (χ1n) is 3.68. The maximum atomic E-state index is 11.4. The van der Waals surface area contributed by atoms with E-state index in [0.29, 0.717) is 11.3 Å². The number of hydrogen-bond acceptors (Lipinski definition) is 3. The summed E-state index contributed by atoms with van der Waals surface area (Å²) in [5.74, 6) is 0. The third kappa shape index (κ3) is 1.27. The van der Waals surface area contributed by atoms with Gasteiger partial charge in [0.2, 0.25) is 0 Å². The standard InChI is InChI=1S/C7H7BrN4O/c8-5-3-10-12-6(13)1-4(2-9)11-7(5)12/h1,3,10H,2,9H2. The molecule has 3 N–H and O–H groups in total. The monoisotopic (exact) mass is 242 g/mol. The average molecular weight is 243 g/mol. The Morgan fingerprint density at radius 3 is 3.15 bits per heavy atom. The quantitative estimate of drug-likeness (QED) is 0.753. The van der Waals surface area contributed by atoms with Gasteiger partial charge < -0.3 is 5.73 Å². The molecule has 13 heavy (non-hydrogen) atoms. The SMILES string of the molecule is NCc1cc(=O)n2[nH]cc(Br)c2n1. The van der Waals surface area contributed by atoms with Gasteiger partial charge in [-0.15, -0.1) is 0 Å². The van der Waals surface area contributed by atoms with Gasteiger partial charge in [-0.2, -0.15) is 0 Å². The third-order valence-electron chi connectivity index (χ3n) is 1.71. The highest BCUT2D eigenvalue weighted by Crippen LogP contribution is 2.13. The Labute approximate surface area is 81.7 Å². The summed E-state index contributed by atoms with van der Waals surface area (Å²) in [4.78, 5) is 15.6. The molecule has 0 saturated heterocycles. The Morgan fingerprint density at radius 2 is 2.46 bits per heavy atom. The van der Waals surface area contributed by atoms with Gasteiger partial charge in [-0.25, -0.2) is 9.50 Å². The Bertz CT molecular complexity index is 501. The minimum absolute atomic E-state index is 0.156. The average Bonchev–Trinajstić information content (AvgIpc) is 2.48. The van der Waals surface area contributed by atoms with Crippen molar-refractivity contribution in [2.24, 2.45) is 5.73 Å². The van der Waals surface area contributed by atoms with Crippen molar-refractivity contribution in [3.05, 3.63) is 32.8 Å². The van der Waals surface area contributed by atoms with Crippen LogP contribution in [0.1, 0.15) is 5.69 Å². The van der Waals surface area contributed by atoms with E-state index in [1.807, 2.05) is 0 Å². The molecule has 0 aliphatic heterocycles. The first-order valence-corrected chi connectivity index (χ1v) is 4.47. The second kappa shape index (κ2) is 2.97. The zero-order chi connectivity index (χ0) is 9.42. The number of nitrogens with two attached hydrogens (primary N) is 1. The van der Waals surface area contributed by atoms with Crippen molar-refractivity contribution in [3.8, 4) is 0 Å². The summed E-state index contributed by atoms with van der Waals surface area (Å²) < 4.78 is 2.10. The smallest absolute Gasteiger partial charge is 0.272 e. The second-order valence-electron chi connectivity index (χ2n) is 2.57. The van der Waals surface area contributed by atoms with Crippen LogP contribution in [0.5, 0.6) is 0 Å². The van der Waals surface area contributed by atoms with Crippen LogP contribution in [0.15, 0.2) is 21.5 Å². The highest BCUT2D eigenvalue weighted by Gasteiger charge is 2.05. The molecule has 5 nitrogen and oxygen atoms in total. The lowest BCUT2D eigenvalue weighted by molar-refractivity contribution is 0.869. The normalized spacial score (nSPS) is 10.9. The van der Waals surface area contributed by atoms with E-state index in [1.165, 1.54) is 10.6 Å². The molecule has 0 atom stereocenters. The van der Waals surface area contributed by atoms with Gasteiger partial charge in [0.05, 0.1) is 10.2 Å². The van der Waals surface area contributed by atoms with Crippen LogP contribution in [0.4, 0.5) is 0 Å². The number of fused-ring (bicyclic) bond motifs is 1. The molecule has 0 unspecified atom stereocenters. The lowest BCUT2D eigenvalue weighted by Gasteiger charge is -1.96. The van der Waals surface area contributed by atoms with Crippen molar-refractivity contribution >= 4 is 21.6 Å². The molecule has 0 bridgehead atoms. The lowest BCUT2D eigenvalue weighted by Crippen LogP contribution is -2.16. The number of nitrogens with one attached hydrogen (secondary N) is 1. The number of aromatic nitrogens is 3. The van der Waals surface area contributed by atoms with Gasteiger partial charge in [-0.3, -0.25) is 9.89 Å². The zero-order valence-corrected chi connectivity index (χ0v) is 8.21. The van der Waals surface area contributed by atoms with E-state index < -0.39 is 0 Å². The van der Waals surface area contributed by atoms with E-state index in [-0.39, 0.29) is 12.1 Å². The van der Waals surface area contributed by atoms with Crippen molar-refractivity contribution < 1.29 is 0 Å². The summed E-state index contributed by atoms with van der Waals surface area (Å²) in [5, 5.41) is 2.76. The number of H-pyrrole nitrogens is 1. The topological polar surface area (TPSA) is 76.2 Å². The Hall–Kier alpha value is -1.14. The van der Waals surface area contributed by atoms with Gasteiger partial charge in [0, 0.05) is 18.8 Å². The van der Waals surface area contributed by atoms with Gasteiger partial charge in [0.15, 0.2) is 5.65 Å². The molecule has 2 rings (SSSR count).